The molecule has 4 aromatic heterocycles. The van der Waals surface area contributed by atoms with Crippen LogP contribution in [0.2, 0.25) is 0 Å². The third kappa shape index (κ3) is 4.09. The molecule has 0 atom stereocenters. The van der Waals surface area contributed by atoms with E-state index < -0.39 is 11.7 Å². The van der Waals surface area contributed by atoms with Crippen molar-refractivity contribution in [3.05, 3.63) is 65.5 Å². The lowest BCUT2D eigenvalue weighted by atomic mass is 9.59. The summed E-state index contributed by atoms with van der Waals surface area (Å²) in [5.74, 6) is 0.800. The molecular weight excluding hydrogens is 471 g/mol. The normalized spacial score (nSPS) is 21.6. The number of aromatic nitrogens is 6. The largest absolute Gasteiger partial charge is 0.364 e. The molecule has 0 spiro atoms. The number of carbonyl (C=O) groups excluding carboxylic acids is 1. The van der Waals surface area contributed by atoms with Crippen LogP contribution in [0.1, 0.15) is 66.5 Å². The van der Waals surface area contributed by atoms with Crippen LogP contribution in [0.15, 0.2) is 37.1 Å². The number of pyridine rings is 2. The summed E-state index contributed by atoms with van der Waals surface area (Å²) in [7, 11) is 1.86. The Bertz CT molecular complexity index is 1480. The van der Waals surface area contributed by atoms with Crippen LogP contribution in [0.5, 0.6) is 0 Å². The van der Waals surface area contributed by atoms with Gasteiger partial charge in [-0.05, 0) is 67.3 Å². The number of rotatable bonds is 8. The summed E-state index contributed by atoms with van der Waals surface area (Å²) in [6, 6.07) is 3.71. The van der Waals surface area contributed by atoms with Crippen LogP contribution in [0.3, 0.4) is 0 Å². The van der Waals surface area contributed by atoms with Gasteiger partial charge in [-0.25, -0.2) is 14.4 Å². The van der Waals surface area contributed by atoms with E-state index in [9.17, 15) is 4.79 Å². The predicted molar refractivity (Wildman–Crippen MR) is 137 cm³/mol. The SMILES string of the molecule is CC1CC(c2cncc(-n3cc(F)c4nc(C(N)=O)cc(CNCC5CCC5)c43)c2)(c2ncn(C)n2)C1. The maximum atomic E-state index is 15.3. The summed E-state index contributed by atoms with van der Waals surface area (Å²) in [5.41, 5.74) is 8.49. The molecule has 37 heavy (non-hydrogen) atoms. The van der Waals surface area contributed by atoms with E-state index in [2.05, 4.69) is 32.3 Å². The Balaban J connectivity index is 1.43. The number of carbonyl (C=O) groups is 1. The standard InChI is InChI=1S/C27H31FN8O/c1-16-8-27(9-16,26-32-15-35(2)34-26)19-7-20(13-31-12-19)36-14-21(28)23-24(36)18(6-22(33-23)25(29)37)11-30-10-17-4-3-5-17/h6-7,12-17,30H,3-5,8-11H2,1-2H3,(H2,29,37). The van der Waals surface area contributed by atoms with Crippen LogP contribution in [-0.4, -0.2) is 41.8 Å². The molecule has 192 valence electrons. The van der Waals surface area contributed by atoms with Gasteiger partial charge in [0, 0.05) is 26.0 Å². The van der Waals surface area contributed by atoms with E-state index in [0.29, 0.717) is 23.9 Å². The molecule has 0 saturated heterocycles. The van der Waals surface area contributed by atoms with Gasteiger partial charge >= 0.3 is 0 Å². The number of fused-ring (bicyclic) bond motifs is 1. The van der Waals surface area contributed by atoms with Crippen LogP contribution < -0.4 is 11.1 Å². The van der Waals surface area contributed by atoms with Gasteiger partial charge in [-0.2, -0.15) is 5.10 Å². The van der Waals surface area contributed by atoms with E-state index in [0.717, 1.165) is 42.0 Å². The first-order valence-electron chi connectivity index (χ1n) is 12.9. The highest BCUT2D eigenvalue weighted by Crippen LogP contribution is 2.51. The van der Waals surface area contributed by atoms with Gasteiger partial charge in [0.15, 0.2) is 11.6 Å². The Morgan fingerprint density at radius 1 is 1.27 bits per heavy atom. The van der Waals surface area contributed by atoms with Gasteiger partial charge in [-0.1, -0.05) is 13.3 Å². The number of hydrogen-bond donors (Lipinski definition) is 2. The summed E-state index contributed by atoms with van der Waals surface area (Å²) in [6.07, 6.45) is 12.3. The predicted octanol–water partition coefficient (Wildman–Crippen LogP) is 3.39. The number of hydrogen-bond acceptors (Lipinski definition) is 6. The van der Waals surface area contributed by atoms with Gasteiger partial charge in [0.05, 0.1) is 22.8 Å². The number of aryl methyl sites for hydroxylation is 1. The maximum absolute atomic E-state index is 15.3. The molecule has 0 radical (unpaired) electrons. The molecule has 6 rings (SSSR count). The average molecular weight is 503 g/mol. The highest BCUT2D eigenvalue weighted by molar-refractivity contribution is 5.94. The van der Waals surface area contributed by atoms with Crippen LogP contribution in [-0.2, 0) is 19.0 Å². The average Bonchev–Trinajstić information content (AvgIpc) is 3.42. The summed E-state index contributed by atoms with van der Waals surface area (Å²) in [4.78, 5) is 25.4. The molecule has 3 N–H and O–H groups in total. The molecule has 0 aromatic carbocycles. The molecular formula is C27H31FN8O. The van der Waals surface area contributed by atoms with Crippen LogP contribution in [0, 0.1) is 17.7 Å². The number of amides is 1. The number of primary amides is 1. The van der Waals surface area contributed by atoms with Crippen molar-refractivity contribution in [2.24, 2.45) is 24.6 Å². The van der Waals surface area contributed by atoms with Crippen LogP contribution in [0.25, 0.3) is 16.7 Å². The molecule has 2 aliphatic rings. The first-order chi connectivity index (χ1) is 17.8. The van der Waals surface area contributed by atoms with Crippen molar-refractivity contribution < 1.29 is 9.18 Å². The minimum Gasteiger partial charge on any atom is -0.364 e. The number of nitrogens with one attached hydrogen (secondary N) is 1. The van der Waals surface area contributed by atoms with E-state index in [4.69, 9.17) is 5.73 Å². The van der Waals surface area contributed by atoms with E-state index >= 15 is 4.39 Å². The molecule has 2 saturated carbocycles. The van der Waals surface area contributed by atoms with Crippen molar-refractivity contribution in [2.75, 3.05) is 6.54 Å². The molecule has 2 fully saturated rings. The molecule has 4 aromatic rings. The minimum absolute atomic E-state index is 0.0557. The van der Waals surface area contributed by atoms with E-state index in [1.54, 1.807) is 27.8 Å². The second-order valence-electron chi connectivity index (χ2n) is 10.8. The van der Waals surface area contributed by atoms with Crippen molar-refractivity contribution in [3.8, 4) is 5.69 Å². The van der Waals surface area contributed by atoms with Gasteiger partial charge in [0.25, 0.3) is 5.91 Å². The zero-order valence-electron chi connectivity index (χ0n) is 21.1. The molecule has 10 heteroatoms. The van der Waals surface area contributed by atoms with Crippen molar-refractivity contribution in [2.45, 2.75) is 51.0 Å². The number of halogens is 1. The molecule has 4 heterocycles. The fourth-order valence-corrected chi connectivity index (χ4v) is 5.90. The second-order valence-corrected chi connectivity index (χ2v) is 10.8. The van der Waals surface area contributed by atoms with Crippen molar-refractivity contribution in [3.63, 3.8) is 0 Å². The lowest BCUT2D eigenvalue weighted by molar-refractivity contribution is 0.0996. The van der Waals surface area contributed by atoms with Gasteiger partial charge in [-0.3, -0.25) is 14.5 Å². The molecule has 0 unspecified atom stereocenters. The highest BCUT2D eigenvalue weighted by atomic mass is 19.1. The zero-order valence-corrected chi connectivity index (χ0v) is 21.1. The molecule has 1 amide bonds. The summed E-state index contributed by atoms with van der Waals surface area (Å²) < 4.78 is 18.8. The van der Waals surface area contributed by atoms with Crippen molar-refractivity contribution >= 4 is 16.9 Å². The smallest absolute Gasteiger partial charge is 0.267 e. The Morgan fingerprint density at radius 2 is 2.08 bits per heavy atom. The fraction of sp³-hybridized carbons (Fsp3) is 0.444. The lowest BCUT2D eigenvalue weighted by Gasteiger charge is -2.44. The number of nitrogens with two attached hydrogens (primary N) is 1. The summed E-state index contributed by atoms with van der Waals surface area (Å²) >= 11 is 0. The summed E-state index contributed by atoms with van der Waals surface area (Å²) in [6.45, 7) is 3.58. The Labute approximate surface area is 214 Å². The summed E-state index contributed by atoms with van der Waals surface area (Å²) in [5, 5.41) is 8.10. The maximum Gasteiger partial charge on any atom is 0.267 e. The van der Waals surface area contributed by atoms with Crippen molar-refractivity contribution in [1.29, 1.82) is 0 Å². The van der Waals surface area contributed by atoms with Crippen LogP contribution in [0.4, 0.5) is 4.39 Å². The van der Waals surface area contributed by atoms with E-state index in [-0.39, 0.29) is 16.6 Å². The Morgan fingerprint density at radius 3 is 2.73 bits per heavy atom. The van der Waals surface area contributed by atoms with Gasteiger partial charge in [0.1, 0.15) is 17.5 Å². The fourth-order valence-electron chi connectivity index (χ4n) is 5.90. The monoisotopic (exact) mass is 502 g/mol. The Hall–Kier alpha value is -3.66. The molecule has 9 nitrogen and oxygen atoms in total. The third-order valence-electron chi connectivity index (χ3n) is 7.98. The van der Waals surface area contributed by atoms with E-state index in [1.165, 1.54) is 25.5 Å². The van der Waals surface area contributed by atoms with Gasteiger partial charge in [-0.15, -0.1) is 0 Å². The molecule has 0 aliphatic heterocycles. The quantitative estimate of drug-likeness (QED) is 0.382. The lowest BCUT2D eigenvalue weighted by Crippen LogP contribution is -2.42. The van der Waals surface area contributed by atoms with E-state index in [1.807, 2.05) is 19.3 Å². The van der Waals surface area contributed by atoms with Gasteiger partial charge < -0.3 is 15.6 Å². The first kappa shape index (κ1) is 23.7. The minimum atomic E-state index is -0.679. The van der Waals surface area contributed by atoms with Crippen LogP contribution >= 0.6 is 0 Å². The molecule has 0 bridgehead atoms. The third-order valence-corrected chi connectivity index (χ3v) is 7.98. The topological polar surface area (TPSA) is 117 Å². The Kier molecular flexibility index (Phi) is 5.78. The second kappa shape index (κ2) is 9.02. The van der Waals surface area contributed by atoms with Gasteiger partial charge in [0.2, 0.25) is 0 Å². The first-order valence-corrected chi connectivity index (χ1v) is 12.9. The molecule has 2 aliphatic carbocycles. The zero-order chi connectivity index (χ0) is 25.7. The highest BCUT2D eigenvalue weighted by Gasteiger charge is 2.48. The van der Waals surface area contributed by atoms with Crippen molar-refractivity contribution in [1.82, 2.24) is 34.6 Å². The number of nitrogens with zero attached hydrogens (tertiary/aromatic N) is 6.